The van der Waals surface area contributed by atoms with Gasteiger partial charge in [0.15, 0.2) is 5.69 Å². The molecule has 0 atom stereocenters. The number of carboxylic acids is 1. The Morgan fingerprint density at radius 2 is 1.67 bits per heavy atom. The highest BCUT2D eigenvalue weighted by molar-refractivity contribution is 7.13. The third kappa shape index (κ3) is 7.65. The van der Waals surface area contributed by atoms with Crippen LogP contribution < -0.4 is 10.6 Å². The number of anilines is 1. The molecule has 2 amide bonds. The van der Waals surface area contributed by atoms with Gasteiger partial charge in [0.25, 0.3) is 5.91 Å². The van der Waals surface area contributed by atoms with Crippen molar-refractivity contribution in [2.75, 3.05) is 12.4 Å². The van der Waals surface area contributed by atoms with E-state index in [9.17, 15) is 29.4 Å². The minimum absolute atomic E-state index is 0.0979. The zero-order valence-corrected chi connectivity index (χ0v) is 26.4. The van der Waals surface area contributed by atoms with Crippen molar-refractivity contribution in [2.45, 2.75) is 46.8 Å². The lowest BCUT2D eigenvalue weighted by atomic mass is 9.93. The lowest BCUT2D eigenvalue weighted by Crippen LogP contribution is -2.32. The van der Waals surface area contributed by atoms with Gasteiger partial charge in [0.05, 0.1) is 7.11 Å². The van der Waals surface area contributed by atoms with E-state index >= 15 is 0 Å². The molecule has 45 heavy (non-hydrogen) atoms. The van der Waals surface area contributed by atoms with Gasteiger partial charge in [-0.25, -0.2) is 19.4 Å². The first-order valence-corrected chi connectivity index (χ1v) is 14.7. The molecular weight excluding hydrogens is 598 g/mol. The number of phenolic OH excluding ortho intramolecular Hbond substituents is 1. The van der Waals surface area contributed by atoms with Gasteiger partial charge in [0, 0.05) is 39.4 Å². The topological polar surface area (TPSA) is 164 Å². The fourth-order valence-electron chi connectivity index (χ4n) is 4.53. The molecule has 2 aromatic heterocycles. The highest BCUT2D eigenvalue weighted by Gasteiger charge is 2.25. The van der Waals surface area contributed by atoms with Gasteiger partial charge in [-0.2, -0.15) is 0 Å². The van der Waals surface area contributed by atoms with E-state index in [1.807, 2.05) is 24.4 Å². The summed E-state index contributed by atoms with van der Waals surface area (Å²) in [5.41, 5.74) is 2.27. The van der Waals surface area contributed by atoms with Crippen molar-refractivity contribution in [3.63, 3.8) is 0 Å². The molecule has 0 unspecified atom stereocenters. The number of thiophene rings is 1. The summed E-state index contributed by atoms with van der Waals surface area (Å²) >= 11 is 1.39. The summed E-state index contributed by atoms with van der Waals surface area (Å²) < 4.78 is 10.1. The van der Waals surface area contributed by atoms with E-state index in [0.29, 0.717) is 16.8 Å². The maximum absolute atomic E-state index is 13.9. The number of benzene rings is 2. The Morgan fingerprint density at radius 3 is 2.27 bits per heavy atom. The largest absolute Gasteiger partial charge is 0.507 e. The maximum atomic E-state index is 13.9. The van der Waals surface area contributed by atoms with Crippen LogP contribution in [0.3, 0.4) is 0 Å². The standard InChI is InChI=1S/C33H33N3O8S/c1-17-11-12-45-28(17)23-14-22(21(15-26(23)37)20-8-10-25(30(39)40)35-27(20)31(41)43-6)29(38)36-24-9-7-19(13-18(24)2)16-34-32(42)44-33(3,4)5/h7-15,37H,16H2,1-6H3,(H,34,42)(H,36,38)(H,39,40). The molecule has 0 aliphatic carbocycles. The van der Waals surface area contributed by atoms with Crippen molar-refractivity contribution in [1.29, 1.82) is 0 Å². The van der Waals surface area contributed by atoms with Gasteiger partial charge in [-0.1, -0.05) is 12.1 Å². The van der Waals surface area contributed by atoms with Crippen LogP contribution in [0.4, 0.5) is 10.5 Å². The first-order chi connectivity index (χ1) is 21.2. The van der Waals surface area contributed by atoms with Gasteiger partial charge < -0.3 is 30.3 Å². The van der Waals surface area contributed by atoms with Crippen molar-refractivity contribution < 1.29 is 38.9 Å². The summed E-state index contributed by atoms with van der Waals surface area (Å²) in [4.78, 5) is 55.0. The molecular formula is C33H33N3O8S. The summed E-state index contributed by atoms with van der Waals surface area (Å²) in [7, 11) is 1.13. The minimum atomic E-state index is -1.35. The highest BCUT2D eigenvalue weighted by atomic mass is 32.1. The third-order valence-electron chi connectivity index (χ3n) is 6.65. The number of alkyl carbamates (subject to hydrolysis) is 1. The molecule has 0 fully saturated rings. The number of pyridine rings is 1. The summed E-state index contributed by atoms with van der Waals surface area (Å²) in [6.07, 6.45) is -0.550. The number of aromatic hydroxyl groups is 1. The Labute approximate surface area is 263 Å². The Bertz CT molecular complexity index is 1810. The third-order valence-corrected chi connectivity index (χ3v) is 7.69. The lowest BCUT2D eigenvalue weighted by molar-refractivity contribution is 0.0521. The minimum Gasteiger partial charge on any atom is -0.507 e. The average Bonchev–Trinajstić information content (AvgIpc) is 3.40. The molecule has 4 N–H and O–H groups in total. The zero-order chi connectivity index (χ0) is 33.1. The quantitative estimate of drug-likeness (QED) is 0.158. The van der Waals surface area contributed by atoms with Crippen LogP contribution in [0.25, 0.3) is 21.6 Å². The molecule has 12 heteroatoms. The molecule has 0 aliphatic heterocycles. The second-order valence-corrected chi connectivity index (χ2v) is 12.1. The van der Waals surface area contributed by atoms with Crippen molar-refractivity contribution in [3.8, 4) is 27.3 Å². The Morgan fingerprint density at radius 1 is 0.933 bits per heavy atom. The van der Waals surface area contributed by atoms with E-state index in [1.165, 1.54) is 35.6 Å². The number of aromatic nitrogens is 1. The molecule has 4 rings (SSSR count). The first kappa shape index (κ1) is 32.7. The van der Waals surface area contributed by atoms with Gasteiger partial charge >= 0.3 is 18.0 Å². The number of carboxylic acid groups (broad SMARTS) is 1. The van der Waals surface area contributed by atoms with Crippen LogP contribution >= 0.6 is 11.3 Å². The Hall–Kier alpha value is -5.23. The number of carbonyl (C=O) groups excluding carboxylic acids is 3. The van der Waals surface area contributed by atoms with E-state index in [4.69, 9.17) is 9.47 Å². The van der Waals surface area contributed by atoms with Crippen LogP contribution in [-0.4, -0.2) is 51.8 Å². The summed E-state index contributed by atoms with van der Waals surface area (Å²) in [5.74, 6) is -2.97. The van der Waals surface area contributed by atoms with E-state index < -0.39 is 35.2 Å². The normalized spacial score (nSPS) is 11.1. The fraction of sp³-hybridized carbons (Fsp3) is 0.242. The van der Waals surface area contributed by atoms with E-state index in [1.54, 1.807) is 39.8 Å². The van der Waals surface area contributed by atoms with Gasteiger partial charge in [0.1, 0.15) is 17.0 Å². The van der Waals surface area contributed by atoms with Crippen molar-refractivity contribution >= 4 is 41.0 Å². The van der Waals surface area contributed by atoms with Crippen LogP contribution in [0.1, 0.15) is 68.8 Å². The molecule has 4 aromatic rings. The van der Waals surface area contributed by atoms with Crippen molar-refractivity contribution in [1.82, 2.24) is 10.3 Å². The van der Waals surface area contributed by atoms with E-state index in [2.05, 4.69) is 15.6 Å². The number of aromatic carboxylic acids is 1. The van der Waals surface area contributed by atoms with Crippen LogP contribution in [0.2, 0.25) is 0 Å². The number of methoxy groups -OCH3 is 1. The highest BCUT2D eigenvalue weighted by Crippen LogP contribution is 2.41. The first-order valence-electron chi connectivity index (χ1n) is 13.8. The molecule has 0 radical (unpaired) electrons. The van der Waals surface area contributed by atoms with Crippen LogP contribution in [-0.2, 0) is 16.0 Å². The van der Waals surface area contributed by atoms with Gasteiger partial charge in [-0.05, 0) is 93.1 Å². The SMILES string of the molecule is COC(=O)c1nc(C(=O)O)ccc1-c1cc(O)c(-c2sccc2C)cc1C(=O)Nc1ccc(CNC(=O)OC(C)(C)C)cc1C. The number of nitrogens with zero attached hydrogens (tertiary/aromatic N) is 1. The van der Waals surface area contributed by atoms with Gasteiger partial charge in [-0.15, -0.1) is 11.3 Å². The van der Waals surface area contributed by atoms with Crippen molar-refractivity contribution in [3.05, 3.63) is 87.6 Å². The van der Waals surface area contributed by atoms with Crippen molar-refractivity contribution in [2.24, 2.45) is 0 Å². The molecule has 2 heterocycles. The molecule has 0 spiro atoms. The fourth-order valence-corrected chi connectivity index (χ4v) is 5.48. The Kier molecular flexibility index (Phi) is 9.57. The maximum Gasteiger partial charge on any atom is 0.407 e. The van der Waals surface area contributed by atoms with Crippen LogP contribution in [0.5, 0.6) is 5.75 Å². The smallest absolute Gasteiger partial charge is 0.407 e. The summed E-state index contributed by atoms with van der Waals surface area (Å²) in [5, 5.41) is 28.0. The number of esters is 1. The molecule has 234 valence electrons. The van der Waals surface area contributed by atoms with Crippen LogP contribution in [0, 0.1) is 13.8 Å². The molecule has 0 aliphatic rings. The van der Waals surface area contributed by atoms with E-state index in [0.717, 1.165) is 23.1 Å². The van der Waals surface area contributed by atoms with E-state index in [-0.39, 0.29) is 34.7 Å². The molecule has 0 saturated heterocycles. The summed E-state index contributed by atoms with van der Waals surface area (Å²) in [6.45, 7) is 9.22. The number of aryl methyl sites for hydroxylation is 2. The zero-order valence-electron chi connectivity index (χ0n) is 25.6. The summed E-state index contributed by atoms with van der Waals surface area (Å²) in [6, 6.07) is 12.6. The number of phenols is 1. The molecule has 0 bridgehead atoms. The second-order valence-electron chi connectivity index (χ2n) is 11.2. The lowest BCUT2D eigenvalue weighted by Gasteiger charge is -2.20. The molecule has 11 nitrogen and oxygen atoms in total. The Balaban J connectivity index is 1.75. The monoisotopic (exact) mass is 631 g/mol. The number of nitrogens with one attached hydrogen (secondary N) is 2. The van der Waals surface area contributed by atoms with Crippen LogP contribution in [0.15, 0.2) is 53.9 Å². The predicted octanol–water partition coefficient (Wildman–Crippen LogP) is 6.56. The second kappa shape index (κ2) is 13.2. The molecule has 2 aromatic carbocycles. The number of carbonyl (C=O) groups is 4. The van der Waals surface area contributed by atoms with Gasteiger partial charge in [-0.3, -0.25) is 4.79 Å². The predicted molar refractivity (Wildman–Crippen MR) is 170 cm³/mol. The number of hydrogen-bond acceptors (Lipinski definition) is 9. The number of amides is 2. The average molecular weight is 632 g/mol. The number of rotatable bonds is 8. The molecule has 0 saturated carbocycles. The number of ether oxygens (including phenoxy) is 2. The number of hydrogen-bond donors (Lipinski definition) is 4. The van der Waals surface area contributed by atoms with Gasteiger partial charge in [0.2, 0.25) is 0 Å².